The minimum Gasteiger partial charge on any atom is -0.309 e. The predicted octanol–water partition coefficient (Wildman–Crippen LogP) is 2.38. The summed E-state index contributed by atoms with van der Waals surface area (Å²) in [6.07, 6.45) is 2.74. The molecule has 2 unspecified atom stereocenters. The van der Waals surface area contributed by atoms with Gasteiger partial charge in [0.15, 0.2) is 0 Å². The van der Waals surface area contributed by atoms with E-state index in [1.54, 1.807) is 0 Å². The quantitative estimate of drug-likeness (QED) is 0.869. The molecule has 2 atom stereocenters. The number of hydrogen-bond donors (Lipinski definition) is 1. The van der Waals surface area contributed by atoms with Crippen LogP contribution in [0.3, 0.4) is 0 Å². The maximum Gasteiger partial charge on any atom is 0.0328 e. The third-order valence-corrected chi connectivity index (χ3v) is 5.62. The smallest absolute Gasteiger partial charge is 0.0328 e. The molecule has 2 fully saturated rings. The van der Waals surface area contributed by atoms with Crippen LogP contribution in [0.15, 0.2) is 12.1 Å². The summed E-state index contributed by atoms with van der Waals surface area (Å²) >= 11 is 1.98. The average molecular weight is 293 g/mol. The van der Waals surface area contributed by atoms with Crippen molar-refractivity contribution in [3.05, 3.63) is 21.9 Å². The fraction of sp³-hybridized carbons (Fsp3) is 0.750. The summed E-state index contributed by atoms with van der Waals surface area (Å²) in [5.41, 5.74) is 0. The number of thiophene rings is 1. The van der Waals surface area contributed by atoms with Gasteiger partial charge in [0.25, 0.3) is 0 Å². The highest BCUT2D eigenvalue weighted by Gasteiger charge is 2.30. The van der Waals surface area contributed by atoms with Crippen LogP contribution < -0.4 is 5.32 Å². The van der Waals surface area contributed by atoms with Gasteiger partial charge >= 0.3 is 0 Å². The zero-order chi connectivity index (χ0) is 14.1. The van der Waals surface area contributed by atoms with Crippen molar-refractivity contribution in [2.24, 2.45) is 5.92 Å². The molecule has 0 radical (unpaired) electrons. The third-order valence-electron chi connectivity index (χ3n) is 4.55. The SMILES string of the molecule is CC1CN(Cc2ccc(CNC3CC3)s2)CC1N(C)C. The molecule has 0 spiro atoms. The number of likely N-dealkylation sites (N-methyl/N-ethyl adjacent to an activating group) is 1. The molecular formula is C16H27N3S. The van der Waals surface area contributed by atoms with Crippen LogP contribution in [-0.2, 0) is 13.1 Å². The first-order valence-electron chi connectivity index (χ1n) is 7.81. The monoisotopic (exact) mass is 293 g/mol. The first kappa shape index (κ1) is 14.5. The Labute approximate surface area is 127 Å². The number of nitrogens with one attached hydrogen (secondary N) is 1. The van der Waals surface area contributed by atoms with Crippen LogP contribution in [0, 0.1) is 5.92 Å². The van der Waals surface area contributed by atoms with Crippen LogP contribution in [0.1, 0.15) is 29.5 Å². The topological polar surface area (TPSA) is 18.5 Å². The lowest BCUT2D eigenvalue weighted by atomic mass is 10.1. The lowest BCUT2D eigenvalue weighted by Gasteiger charge is -2.22. The second kappa shape index (κ2) is 6.14. The van der Waals surface area contributed by atoms with Gasteiger partial charge in [-0.15, -0.1) is 11.3 Å². The maximum atomic E-state index is 3.60. The van der Waals surface area contributed by atoms with Gasteiger partial charge in [-0.05, 0) is 45.0 Å². The van der Waals surface area contributed by atoms with E-state index in [-0.39, 0.29) is 0 Å². The van der Waals surface area contributed by atoms with E-state index in [1.165, 1.54) is 35.7 Å². The zero-order valence-electron chi connectivity index (χ0n) is 12.9. The molecule has 3 rings (SSSR count). The molecule has 1 N–H and O–H groups in total. The van der Waals surface area contributed by atoms with Gasteiger partial charge in [0.1, 0.15) is 0 Å². The Hall–Kier alpha value is -0.420. The molecule has 112 valence electrons. The Bertz CT molecular complexity index is 439. The molecule has 0 aromatic carbocycles. The fourth-order valence-corrected chi connectivity index (χ4v) is 4.22. The second-order valence-electron chi connectivity index (χ2n) is 6.73. The molecule has 20 heavy (non-hydrogen) atoms. The van der Waals surface area contributed by atoms with Crippen LogP contribution in [0.4, 0.5) is 0 Å². The molecule has 1 aromatic heterocycles. The normalized spacial score (nSPS) is 27.6. The van der Waals surface area contributed by atoms with E-state index in [0.717, 1.165) is 25.0 Å². The molecule has 1 aliphatic carbocycles. The van der Waals surface area contributed by atoms with Crippen molar-refractivity contribution in [3.63, 3.8) is 0 Å². The van der Waals surface area contributed by atoms with Crippen LogP contribution >= 0.6 is 11.3 Å². The summed E-state index contributed by atoms with van der Waals surface area (Å²) in [6.45, 7) is 7.01. The lowest BCUT2D eigenvalue weighted by Crippen LogP contribution is -2.34. The van der Waals surface area contributed by atoms with Gasteiger partial charge in [-0.2, -0.15) is 0 Å². The van der Waals surface area contributed by atoms with Crippen molar-refractivity contribution in [2.45, 2.75) is 44.9 Å². The van der Waals surface area contributed by atoms with Crippen molar-refractivity contribution in [3.8, 4) is 0 Å². The Balaban J connectivity index is 1.50. The van der Waals surface area contributed by atoms with Crippen LogP contribution in [-0.4, -0.2) is 49.1 Å². The Morgan fingerprint density at radius 1 is 1.25 bits per heavy atom. The number of hydrogen-bond acceptors (Lipinski definition) is 4. The highest BCUT2D eigenvalue weighted by atomic mass is 32.1. The largest absolute Gasteiger partial charge is 0.309 e. The van der Waals surface area contributed by atoms with Gasteiger partial charge in [0, 0.05) is 48.0 Å². The van der Waals surface area contributed by atoms with Gasteiger partial charge in [-0.1, -0.05) is 6.92 Å². The van der Waals surface area contributed by atoms with Crippen molar-refractivity contribution < 1.29 is 0 Å². The summed E-state index contributed by atoms with van der Waals surface area (Å²) in [5.74, 6) is 0.779. The molecule has 2 aliphatic rings. The second-order valence-corrected chi connectivity index (χ2v) is 7.98. The van der Waals surface area contributed by atoms with E-state index in [2.05, 4.69) is 48.3 Å². The van der Waals surface area contributed by atoms with E-state index in [4.69, 9.17) is 0 Å². The van der Waals surface area contributed by atoms with Gasteiger partial charge in [0.05, 0.1) is 0 Å². The summed E-state index contributed by atoms with van der Waals surface area (Å²) in [7, 11) is 4.41. The summed E-state index contributed by atoms with van der Waals surface area (Å²) in [6, 6.07) is 6.15. The van der Waals surface area contributed by atoms with Gasteiger partial charge in [-0.25, -0.2) is 0 Å². The first-order chi connectivity index (χ1) is 9.61. The molecule has 1 saturated heterocycles. The van der Waals surface area contributed by atoms with E-state index in [9.17, 15) is 0 Å². The minimum absolute atomic E-state index is 0.714. The molecule has 2 heterocycles. The first-order valence-corrected chi connectivity index (χ1v) is 8.63. The third kappa shape index (κ3) is 3.61. The lowest BCUT2D eigenvalue weighted by molar-refractivity contribution is 0.251. The summed E-state index contributed by atoms with van der Waals surface area (Å²) in [5, 5.41) is 3.60. The minimum atomic E-state index is 0.714. The highest BCUT2D eigenvalue weighted by molar-refractivity contribution is 7.11. The van der Waals surface area contributed by atoms with Crippen molar-refractivity contribution >= 4 is 11.3 Å². The van der Waals surface area contributed by atoms with Crippen molar-refractivity contribution in [1.29, 1.82) is 0 Å². The van der Waals surface area contributed by atoms with Crippen LogP contribution in [0.25, 0.3) is 0 Å². The van der Waals surface area contributed by atoms with Crippen molar-refractivity contribution in [2.75, 3.05) is 27.2 Å². The Kier molecular flexibility index (Phi) is 4.46. The summed E-state index contributed by atoms with van der Waals surface area (Å²) < 4.78 is 0. The predicted molar refractivity (Wildman–Crippen MR) is 86.1 cm³/mol. The number of likely N-dealkylation sites (tertiary alicyclic amines) is 1. The highest BCUT2D eigenvalue weighted by Crippen LogP contribution is 2.25. The fourth-order valence-electron chi connectivity index (χ4n) is 3.20. The Morgan fingerprint density at radius 2 is 2.00 bits per heavy atom. The molecule has 1 saturated carbocycles. The molecule has 3 nitrogen and oxygen atoms in total. The van der Waals surface area contributed by atoms with Crippen LogP contribution in [0.2, 0.25) is 0 Å². The summed E-state index contributed by atoms with van der Waals surface area (Å²) in [4.78, 5) is 8.00. The molecular weight excluding hydrogens is 266 g/mol. The van der Waals surface area contributed by atoms with E-state index in [1.807, 2.05) is 11.3 Å². The Morgan fingerprint density at radius 3 is 2.65 bits per heavy atom. The standard InChI is InChI=1S/C16H27N3S/c1-12-9-19(11-16(12)18(2)3)10-15-7-6-14(20-15)8-17-13-4-5-13/h6-7,12-13,16-17H,4-5,8-11H2,1-3H3. The molecule has 0 amide bonds. The number of nitrogens with zero attached hydrogens (tertiary/aromatic N) is 2. The maximum absolute atomic E-state index is 3.60. The van der Waals surface area contributed by atoms with Gasteiger partial charge in [0.2, 0.25) is 0 Å². The number of rotatable bonds is 6. The molecule has 4 heteroatoms. The van der Waals surface area contributed by atoms with E-state index < -0.39 is 0 Å². The van der Waals surface area contributed by atoms with Crippen molar-refractivity contribution in [1.82, 2.24) is 15.1 Å². The molecule has 1 aliphatic heterocycles. The zero-order valence-corrected chi connectivity index (χ0v) is 13.7. The molecule has 1 aromatic rings. The molecule has 0 bridgehead atoms. The average Bonchev–Trinajstić information content (AvgIpc) is 3.01. The van der Waals surface area contributed by atoms with Gasteiger partial charge < -0.3 is 10.2 Å². The van der Waals surface area contributed by atoms with E-state index in [0.29, 0.717) is 6.04 Å². The van der Waals surface area contributed by atoms with E-state index >= 15 is 0 Å². The van der Waals surface area contributed by atoms with Gasteiger partial charge in [-0.3, -0.25) is 4.90 Å². The van der Waals surface area contributed by atoms with Crippen LogP contribution in [0.5, 0.6) is 0 Å².